The predicted octanol–water partition coefficient (Wildman–Crippen LogP) is -1.78. The second-order valence-electron chi connectivity index (χ2n) is 6.84. The molecule has 0 unspecified atom stereocenters. The SMILES string of the molecule is Cn1c(=O)c2[nH]c(SCCC(=O)NS(=O)(=O)CCN3CCOCC3)nc2n(C)c1=O. The van der Waals surface area contributed by atoms with Gasteiger partial charge in [0, 0.05) is 45.9 Å². The molecule has 1 saturated heterocycles. The van der Waals surface area contributed by atoms with E-state index in [9.17, 15) is 22.8 Å². The molecule has 1 aliphatic heterocycles. The van der Waals surface area contributed by atoms with Gasteiger partial charge in [-0.25, -0.2) is 18.2 Å². The smallest absolute Gasteiger partial charge is 0.332 e. The number of morpholine rings is 1. The van der Waals surface area contributed by atoms with E-state index in [4.69, 9.17) is 4.74 Å². The number of H-pyrrole nitrogens is 1. The monoisotopic (exact) mass is 460 g/mol. The van der Waals surface area contributed by atoms with Crippen LogP contribution in [0.4, 0.5) is 0 Å². The Labute approximate surface area is 176 Å². The average molecular weight is 461 g/mol. The van der Waals surface area contributed by atoms with Crippen molar-refractivity contribution in [3.8, 4) is 0 Å². The van der Waals surface area contributed by atoms with E-state index in [1.54, 1.807) is 0 Å². The molecule has 0 atom stereocenters. The molecule has 12 nitrogen and oxygen atoms in total. The van der Waals surface area contributed by atoms with Gasteiger partial charge < -0.3 is 9.72 Å². The van der Waals surface area contributed by atoms with E-state index in [2.05, 4.69) is 14.7 Å². The minimum Gasteiger partial charge on any atom is -0.379 e. The molecular weight excluding hydrogens is 436 g/mol. The summed E-state index contributed by atoms with van der Waals surface area (Å²) in [6.45, 7) is 2.84. The number of aromatic amines is 1. The van der Waals surface area contributed by atoms with Crippen molar-refractivity contribution < 1.29 is 17.9 Å². The number of thioether (sulfide) groups is 1. The molecule has 2 aromatic rings. The van der Waals surface area contributed by atoms with Crippen LogP contribution in [0.15, 0.2) is 14.7 Å². The Morgan fingerprint density at radius 1 is 1.23 bits per heavy atom. The van der Waals surface area contributed by atoms with Gasteiger partial charge in [0.2, 0.25) is 15.9 Å². The van der Waals surface area contributed by atoms with Crippen molar-refractivity contribution in [1.29, 1.82) is 0 Å². The predicted molar refractivity (Wildman–Crippen MR) is 111 cm³/mol. The summed E-state index contributed by atoms with van der Waals surface area (Å²) in [5, 5.41) is 0.367. The van der Waals surface area contributed by atoms with Crippen LogP contribution in [0.2, 0.25) is 0 Å². The first-order chi connectivity index (χ1) is 14.2. The Balaban J connectivity index is 1.51. The maximum Gasteiger partial charge on any atom is 0.332 e. The van der Waals surface area contributed by atoms with Gasteiger partial charge in [0.25, 0.3) is 5.56 Å². The van der Waals surface area contributed by atoms with Gasteiger partial charge in [-0.2, -0.15) is 0 Å². The van der Waals surface area contributed by atoms with Crippen molar-refractivity contribution in [3.63, 3.8) is 0 Å². The first-order valence-electron chi connectivity index (χ1n) is 9.30. The standard InChI is InChI=1S/C16H24N6O6S2/c1-20-13-12(14(24)21(2)16(20)25)17-15(18-13)29-9-3-11(23)19-30(26,27)10-6-22-4-7-28-8-5-22/h3-10H2,1-2H3,(H,17,18)(H,19,23). The highest BCUT2D eigenvalue weighted by atomic mass is 32.2. The zero-order chi connectivity index (χ0) is 21.9. The molecule has 2 N–H and O–H groups in total. The Kier molecular flexibility index (Phi) is 7.00. The molecule has 0 radical (unpaired) electrons. The second-order valence-corrected chi connectivity index (χ2v) is 9.77. The minimum atomic E-state index is -3.71. The van der Waals surface area contributed by atoms with Crippen molar-refractivity contribution in [1.82, 2.24) is 28.7 Å². The van der Waals surface area contributed by atoms with E-state index in [0.717, 1.165) is 16.3 Å². The van der Waals surface area contributed by atoms with Gasteiger partial charge in [0.1, 0.15) is 0 Å². The fraction of sp³-hybridized carbons (Fsp3) is 0.625. The van der Waals surface area contributed by atoms with Crippen molar-refractivity contribution in [2.75, 3.05) is 44.4 Å². The number of carbonyl (C=O) groups is 1. The third-order valence-electron chi connectivity index (χ3n) is 4.69. The molecule has 2 aromatic heterocycles. The molecule has 0 spiro atoms. The fourth-order valence-corrected chi connectivity index (χ4v) is 4.82. The van der Waals surface area contributed by atoms with E-state index in [-0.39, 0.29) is 29.1 Å². The quantitative estimate of drug-likeness (QED) is 0.436. The maximum atomic E-state index is 12.2. The third-order valence-corrected chi connectivity index (χ3v) is 6.82. The number of amides is 1. The zero-order valence-corrected chi connectivity index (χ0v) is 18.3. The number of aryl methyl sites for hydroxylation is 1. The summed E-state index contributed by atoms with van der Waals surface area (Å²) < 4.78 is 33.7. The van der Waals surface area contributed by atoms with Crippen LogP contribution < -0.4 is 16.0 Å². The lowest BCUT2D eigenvalue weighted by Gasteiger charge is -2.26. The first-order valence-corrected chi connectivity index (χ1v) is 11.9. The van der Waals surface area contributed by atoms with E-state index < -0.39 is 27.2 Å². The molecular formula is C16H24N6O6S2. The number of imidazole rings is 1. The highest BCUT2D eigenvalue weighted by molar-refractivity contribution is 7.99. The molecule has 1 aliphatic rings. The minimum absolute atomic E-state index is 0.0462. The molecule has 1 amide bonds. The largest absolute Gasteiger partial charge is 0.379 e. The summed E-state index contributed by atoms with van der Waals surface area (Å²) >= 11 is 1.16. The molecule has 30 heavy (non-hydrogen) atoms. The molecule has 0 saturated carbocycles. The number of nitrogens with zero attached hydrogens (tertiary/aromatic N) is 4. The number of sulfonamides is 1. The Bertz CT molecular complexity index is 1150. The number of nitrogens with one attached hydrogen (secondary N) is 2. The van der Waals surface area contributed by atoms with Crippen molar-refractivity contribution in [2.24, 2.45) is 14.1 Å². The van der Waals surface area contributed by atoms with Crippen LogP contribution in [0.25, 0.3) is 11.2 Å². The summed E-state index contributed by atoms with van der Waals surface area (Å²) in [6.07, 6.45) is -0.0462. The van der Waals surface area contributed by atoms with E-state index in [1.807, 2.05) is 4.90 Å². The lowest BCUT2D eigenvalue weighted by atomic mass is 10.4. The molecule has 1 fully saturated rings. The summed E-state index contributed by atoms with van der Waals surface area (Å²) in [7, 11) is -0.828. The van der Waals surface area contributed by atoms with Crippen LogP contribution in [-0.2, 0) is 33.7 Å². The Morgan fingerprint density at radius 3 is 2.63 bits per heavy atom. The molecule has 0 aromatic carbocycles. The summed E-state index contributed by atoms with van der Waals surface area (Å²) in [6, 6.07) is 0. The lowest BCUT2D eigenvalue weighted by Crippen LogP contribution is -2.42. The molecule has 0 aliphatic carbocycles. The Hall–Kier alpha value is -2.16. The number of aromatic nitrogens is 4. The van der Waals surface area contributed by atoms with Gasteiger partial charge >= 0.3 is 5.69 Å². The number of ether oxygens (including phenoxy) is 1. The molecule has 3 heterocycles. The molecule has 0 bridgehead atoms. The van der Waals surface area contributed by atoms with E-state index >= 15 is 0 Å². The van der Waals surface area contributed by atoms with Crippen LogP contribution in [0.3, 0.4) is 0 Å². The number of fused-ring (bicyclic) bond motifs is 1. The van der Waals surface area contributed by atoms with Crippen LogP contribution >= 0.6 is 11.8 Å². The second kappa shape index (κ2) is 9.32. The van der Waals surface area contributed by atoms with Gasteiger partial charge in [-0.05, 0) is 0 Å². The summed E-state index contributed by atoms with van der Waals surface area (Å²) in [5.41, 5.74) is -0.563. The molecule has 3 rings (SSSR count). The Morgan fingerprint density at radius 2 is 1.93 bits per heavy atom. The highest BCUT2D eigenvalue weighted by Gasteiger charge is 2.19. The first kappa shape index (κ1) is 22.5. The van der Waals surface area contributed by atoms with E-state index in [0.29, 0.717) is 38.0 Å². The van der Waals surface area contributed by atoms with Crippen molar-refractivity contribution in [3.05, 3.63) is 20.8 Å². The van der Waals surface area contributed by atoms with Gasteiger partial charge in [-0.1, -0.05) is 11.8 Å². The molecule has 14 heteroatoms. The van der Waals surface area contributed by atoms with Crippen LogP contribution in [0.1, 0.15) is 6.42 Å². The van der Waals surface area contributed by atoms with Crippen LogP contribution in [0, 0.1) is 0 Å². The van der Waals surface area contributed by atoms with Gasteiger partial charge in [0.15, 0.2) is 16.3 Å². The normalized spacial score (nSPS) is 15.5. The van der Waals surface area contributed by atoms with Crippen LogP contribution in [-0.4, -0.2) is 82.7 Å². The summed E-state index contributed by atoms with van der Waals surface area (Å²) in [5.74, 6) is -0.519. The molecule has 166 valence electrons. The van der Waals surface area contributed by atoms with Gasteiger partial charge in [-0.15, -0.1) is 0 Å². The summed E-state index contributed by atoms with van der Waals surface area (Å²) in [4.78, 5) is 45.1. The van der Waals surface area contributed by atoms with Crippen molar-refractivity contribution in [2.45, 2.75) is 11.6 Å². The average Bonchev–Trinajstić information content (AvgIpc) is 3.14. The maximum absolute atomic E-state index is 12.2. The van der Waals surface area contributed by atoms with Crippen LogP contribution in [0.5, 0.6) is 0 Å². The number of hydrogen-bond acceptors (Lipinski definition) is 9. The van der Waals surface area contributed by atoms with Gasteiger partial charge in [-0.3, -0.25) is 28.3 Å². The highest BCUT2D eigenvalue weighted by Crippen LogP contribution is 2.17. The lowest BCUT2D eigenvalue weighted by molar-refractivity contribution is -0.118. The number of carbonyl (C=O) groups excluding carboxylic acids is 1. The van der Waals surface area contributed by atoms with Crippen molar-refractivity contribution >= 4 is 38.9 Å². The fourth-order valence-electron chi connectivity index (χ4n) is 2.96. The third kappa shape index (κ3) is 5.30. The number of rotatable bonds is 8. The zero-order valence-electron chi connectivity index (χ0n) is 16.7. The van der Waals surface area contributed by atoms with E-state index in [1.165, 1.54) is 18.7 Å². The topological polar surface area (TPSA) is 148 Å². The number of hydrogen-bond donors (Lipinski definition) is 2. The van der Waals surface area contributed by atoms with Gasteiger partial charge in [0.05, 0.1) is 19.0 Å².